The highest BCUT2D eigenvalue weighted by atomic mass is 32.2. The number of aromatic amines is 1. The average molecular weight is 257 g/mol. The Balaban J connectivity index is 2.20. The molecule has 4 heteroatoms. The van der Waals surface area contributed by atoms with Crippen LogP contribution in [0, 0.1) is 11.8 Å². The molecule has 0 aliphatic heterocycles. The lowest BCUT2D eigenvalue weighted by atomic mass is 10.1. The van der Waals surface area contributed by atoms with Crippen LogP contribution in [0.25, 0.3) is 10.9 Å². The molecule has 0 unspecified atom stereocenters. The minimum atomic E-state index is 0.0692. The Labute approximate surface area is 109 Å². The first-order chi connectivity index (χ1) is 8.70. The minimum Gasteiger partial charge on any atom is -0.360 e. The lowest BCUT2D eigenvalue weighted by Gasteiger charge is -1.93. The van der Waals surface area contributed by atoms with Crippen molar-refractivity contribution in [3.63, 3.8) is 0 Å². The molecule has 2 aromatic rings. The van der Waals surface area contributed by atoms with Gasteiger partial charge in [-0.05, 0) is 12.1 Å². The van der Waals surface area contributed by atoms with E-state index in [4.69, 9.17) is 0 Å². The van der Waals surface area contributed by atoms with Gasteiger partial charge in [0.1, 0.15) is 0 Å². The molecule has 1 aromatic carbocycles. The molecule has 0 spiro atoms. The highest BCUT2D eigenvalue weighted by molar-refractivity contribution is 8.13. The minimum absolute atomic E-state index is 0.0692. The summed E-state index contributed by atoms with van der Waals surface area (Å²) in [6, 6.07) is 5.64. The molecular formula is C14H11NO2S. The van der Waals surface area contributed by atoms with E-state index >= 15 is 0 Å². The number of rotatable bonds is 2. The zero-order valence-corrected chi connectivity index (χ0v) is 10.6. The molecule has 90 valence electrons. The van der Waals surface area contributed by atoms with Crippen LogP contribution in [0.5, 0.6) is 0 Å². The topological polar surface area (TPSA) is 49.9 Å². The zero-order chi connectivity index (χ0) is 13.0. The maximum Gasteiger partial charge on any atom is 0.186 e. The van der Waals surface area contributed by atoms with Gasteiger partial charge in [0, 0.05) is 35.2 Å². The summed E-state index contributed by atoms with van der Waals surface area (Å²) in [7, 11) is 0. The fourth-order valence-corrected chi connectivity index (χ4v) is 1.95. The van der Waals surface area contributed by atoms with Crippen LogP contribution < -0.4 is 0 Å². The van der Waals surface area contributed by atoms with Crippen molar-refractivity contribution in [2.45, 2.75) is 6.92 Å². The summed E-state index contributed by atoms with van der Waals surface area (Å²) in [4.78, 5) is 24.5. The van der Waals surface area contributed by atoms with E-state index in [9.17, 15) is 9.59 Å². The third kappa shape index (κ3) is 2.82. The van der Waals surface area contributed by atoms with E-state index in [0.717, 1.165) is 22.8 Å². The van der Waals surface area contributed by atoms with E-state index < -0.39 is 0 Å². The fourth-order valence-electron chi connectivity index (χ4n) is 1.60. The molecule has 1 aromatic heterocycles. The number of H-pyrrole nitrogens is 1. The highest BCUT2D eigenvalue weighted by Gasteiger charge is 2.02. The molecular weight excluding hydrogens is 246 g/mol. The second-order valence-corrected chi connectivity index (χ2v) is 4.86. The van der Waals surface area contributed by atoms with Crippen molar-refractivity contribution < 1.29 is 9.59 Å². The quantitative estimate of drug-likeness (QED) is 0.664. The molecule has 0 radical (unpaired) electrons. The number of aromatic nitrogens is 1. The molecule has 0 atom stereocenters. The van der Waals surface area contributed by atoms with E-state index in [1.54, 1.807) is 6.20 Å². The van der Waals surface area contributed by atoms with Gasteiger partial charge in [-0.1, -0.05) is 29.7 Å². The molecule has 0 aliphatic carbocycles. The number of thioether (sulfide) groups is 1. The molecule has 0 fully saturated rings. The Morgan fingerprint density at radius 1 is 1.50 bits per heavy atom. The van der Waals surface area contributed by atoms with Gasteiger partial charge >= 0.3 is 0 Å². The number of fused-ring (bicyclic) bond motifs is 1. The summed E-state index contributed by atoms with van der Waals surface area (Å²) in [5.74, 6) is 6.41. The van der Waals surface area contributed by atoms with Crippen LogP contribution in [0.2, 0.25) is 0 Å². The third-order valence-corrected chi connectivity index (χ3v) is 3.12. The number of carbonyl (C=O) groups is 2. The maximum absolute atomic E-state index is 10.8. The monoisotopic (exact) mass is 257 g/mol. The van der Waals surface area contributed by atoms with Crippen molar-refractivity contribution in [1.29, 1.82) is 0 Å². The standard InChI is InChI=1S/C14H11NO2S/c1-10(17)18-6-2-3-11-4-5-13-12(9-16)8-15-14(13)7-11/h4-5,7-9,15H,6H2,1H3. The van der Waals surface area contributed by atoms with E-state index in [2.05, 4.69) is 16.8 Å². The molecule has 0 aliphatic rings. The first-order valence-electron chi connectivity index (χ1n) is 5.39. The number of hydrogen-bond acceptors (Lipinski definition) is 3. The van der Waals surface area contributed by atoms with Crippen molar-refractivity contribution in [1.82, 2.24) is 4.98 Å². The van der Waals surface area contributed by atoms with Crippen molar-refractivity contribution >= 4 is 34.1 Å². The van der Waals surface area contributed by atoms with E-state index in [1.807, 2.05) is 18.2 Å². The van der Waals surface area contributed by atoms with Crippen molar-refractivity contribution in [3.05, 3.63) is 35.5 Å². The molecule has 0 saturated carbocycles. The Kier molecular flexibility index (Phi) is 3.85. The summed E-state index contributed by atoms with van der Waals surface area (Å²) in [6.07, 6.45) is 2.51. The second-order valence-electron chi connectivity index (χ2n) is 3.70. The normalized spacial score (nSPS) is 9.83. The highest BCUT2D eigenvalue weighted by Crippen LogP contribution is 2.17. The molecule has 3 nitrogen and oxygen atoms in total. The predicted molar refractivity (Wildman–Crippen MR) is 73.7 cm³/mol. The Hall–Kier alpha value is -1.99. The van der Waals surface area contributed by atoms with Crippen molar-refractivity contribution in [3.8, 4) is 11.8 Å². The first-order valence-corrected chi connectivity index (χ1v) is 6.38. The van der Waals surface area contributed by atoms with Crippen LogP contribution in [0.4, 0.5) is 0 Å². The van der Waals surface area contributed by atoms with Crippen LogP contribution in [0.3, 0.4) is 0 Å². The fraction of sp³-hybridized carbons (Fsp3) is 0.143. The lowest BCUT2D eigenvalue weighted by molar-refractivity contribution is -0.109. The van der Waals surface area contributed by atoms with Crippen LogP contribution >= 0.6 is 11.8 Å². The summed E-state index contributed by atoms with van der Waals surface area (Å²) in [5.41, 5.74) is 2.41. The summed E-state index contributed by atoms with van der Waals surface area (Å²) >= 11 is 1.20. The molecule has 2 rings (SSSR count). The Morgan fingerprint density at radius 2 is 2.33 bits per heavy atom. The molecule has 0 saturated heterocycles. The van der Waals surface area contributed by atoms with Gasteiger partial charge in [0.2, 0.25) is 0 Å². The summed E-state index contributed by atoms with van der Waals surface area (Å²) < 4.78 is 0. The van der Waals surface area contributed by atoms with Crippen LogP contribution in [-0.2, 0) is 4.79 Å². The predicted octanol–water partition coefficient (Wildman–Crippen LogP) is 2.61. The number of benzene rings is 1. The molecule has 1 heterocycles. The Morgan fingerprint density at radius 3 is 3.06 bits per heavy atom. The number of nitrogens with one attached hydrogen (secondary N) is 1. The van der Waals surface area contributed by atoms with E-state index in [-0.39, 0.29) is 5.12 Å². The molecule has 0 bridgehead atoms. The van der Waals surface area contributed by atoms with Crippen LogP contribution in [-0.4, -0.2) is 22.1 Å². The summed E-state index contributed by atoms with van der Waals surface area (Å²) in [6.45, 7) is 1.53. The van der Waals surface area contributed by atoms with Gasteiger partial charge in [-0.2, -0.15) is 0 Å². The third-order valence-electron chi connectivity index (χ3n) is 2.42. The van der Waals surface area contributed by atoms with Gasteiger partial charge in [-0.25, -0.2) is 0 Å². The van der Waals surface area contributed by atoms with Gasteiger partial charge in [0.15, 0.2) is 11.4 Å². The average Bonchev–Trinajstić information content (AvgIpc) is 2.76. The number of aldehydes is 1. The molecule has 0 amide bonds. The second kappa shape index (κ2) is 5.56. The number of carbonyl (C=O) groups excluding carboxylic acids is 2. The van der Waals surface area contributed by atoms with E-state index in [0.29, 0.717) is 11.3 Å². The van der Waals surface area contributed by atoms with Gasteiger partial charge in [-0.3, -0.25) is 9.59 Å². The maximum atomic E-state index is 10.8. The molecule has 18 heavy (non-hydrogen) atoms. The van der Waals surface area contributed by atoms with Crippen molar-refractivity contribution in [2.75, 3.05) is 5.75 Å². The zero-order valence-electron chi connectivity index (χ0n) is 9.82. The van der Waals surface area contributed by atoms with Crippen molar-refractivity contribution in [2.24, 2.45) is 0 Å². The summed E-state index contributed by atoms with van der Waals surface area (Å²) in [5, 5.41) is 0.966. The smallest absolute Gasteiger partial charge is 0.186 e. The largest absolute Gasteiger partial charge is 0.360 e. The van der Waals surface area contributed by atoms with Crippen LogP contribution in [0.1, 0.15) is 22.8 Å². The number of hydrogen-bond donors (Lipinski definition) is 1. The Bertz CT molecular complexity index is 661. The van der Waals surface area contributed by atoms with Gasteiger partial charge < -0.3 is 4.98 Å². The van der Waals surface area contributed by atoms with E-state index in [1.165, 1.54) is 18.7 Å². The van der Waals surface area contributed by atoms with Crippen LogP contribution in [0.15, 0.2) is 24.4 Å². The van der Waals surface area contributed by atoms with Gasteiger partial charge in [0.05, 0.1) is 5.75 Å². The van der Waals surface area contributed by atoms with Gasteiger partial charge in [-0.15, -0.1) is 0 Å². The van der Waals surface area contributed by atoms with Gasteiger partial charge in [0.25, 0.3) is 0 Å². The molecule has 1 N–H and O–H groups in total. The first kappa shape index (κ1) is 12.5. The SMILES string of the molecule is CC(=O)SCC#Cc1ccc2c(C=O)c[nH]c2c1. The lowest BCUT2D eigenvalue weighted by Crippen LogP contribution is -1.82.